The van der Waals surface area contributed by atoms with Crippen LogP contribution in [-0.2, 0) is 17.1 Å². The van der Waals surface area contributed by atoms with Gasteiger partial charge in [0, 0.05) is 17.0 Å². The predicted octanol–water partition coefficient (Wildman–Crippen LogP) is 3.08. The summed E-state index contributed by atoms with van der Waals surface area (Å²) in [5.41, 5.74) is 5.91. The van der Waals surface area contributed by atoms with Crippen LogP contribution >= 0.6 is 11.8 Å². The SMILES string of the molecule is CC(C)[C@H](N)CS[C]1[CH][CH][CH][CH]1.[CH]1[CH][CH][CH][CH]1.[Fe+2]. The first-order valence-electron chi connectivity index (χ1n) is 5.97. The van der Waals surface area contributed by atoms with E-state index < -0.39 is 0 Å². The molecule has 0 aromatic rings. The van der Waals surface area contributed by atoms with Crippen molar-refractivity contribution >= 4 is 11.8 Å². The third-order valence-corrected chi connectivity index (χ3v) is 3.64. The molecule has 2 fully saturated rings. The van der Waals surface area contributed by atoms with Crippen LogP contribution in [0.1, 0.15) is 13.8 Å². The quantitative estimate of drug-likeness (QED) is 0.808. The molecule has 0 unspecified atom stereocenters. The van der Waals surface area contributed by atoms with E-state index in [0.29, 0.717) is 12.0 Å². The van der Waals surface area contributed by atoms with Crippen molar-refractivity contribution in [3.05, 3.63) is 63.0 Å². The summed E-state index contributed by atoms with van der Waals surface area (Å²) in [5, 5.41) is 1.33. The average molecular weight is 303 g/mol. The minimum Gasteiger partial charge on any atom is -0.327 e. The minimum atomic E-state index is 0. The van der Waals surface area contributed by atoms with Gasteiger partial charge in [-0.1, -0.05) is 13.8 Å². The minimum absolute atomic E-state index is 0. The fourth-order valence-corrected chi connectivity index (χ4v) is 2.28. The summed E-state index contributed by atoms with van der Waals surface area (Å²) in [7, 11) is 0. The molecule has 2 aliphatic rings. The van der Waals surface area contributed by atoms with Crippen molar-refractivity contribution in [3.8, 4) is 0 Å². The van der Waals surface area contributed by atoms with Gasteiger partial charge in [0.25, 0.3) is 0 Å². The van der Waals surface area contributed by atoms with Crippen molar-refractivity contribution in [2.45, 2.75) is 19.9 Å². The molecule has 0 amide bonds. The Morgan fingerprint density at radius 1 is 0.944 bits per heavy atom. The second-order valence-corrected chi connectivity index (χ2v) is 5.40. The third-order valence-electron chi connectivity index (χ3n) is 2.49. The molecule has 0 heterocycles. The molecule has 0 saturated heterocycles. The van der Waals surface area contributed by atoms with Gasteiger partial charge in [-0.25, -0.2) is 0 Å². The molecule has 3 heteroatoms. The number of thioether (sulfide) groups is 1. The molecule has 0 spiro atoms. The Kier molecular flexibility index (Phi) is 12.2. The van der Waals surface area contributed by atoms with Gasteiger partial charge in [-0.15, -0.1) is 0 Å². The molecule has 2 aliphatic carbocycles. The van der Waals surface area contributed by atoms with Gasteiger partial charge in [-0.3, -0.25) is 0 Å². The van der Waals surface area contributed by atoms with Gasteiger partial charge < -0.3 is 5.73 Å². The first kappa shape index (κ1) is 18.8. The molecule has 0 aromatic heterocycles. The van der Waals surface area contributed by atoms with Crippen molar-refractivity contribution < 1.29 is 17.1 Å². The van der Waals surface area contributed by atoms with Gasteiger partial charge in [0.2, 0.25) is 0 Å². The summed E-state index contributed by atoms with van der Waals surface area (Å²) in [6, 6.07) is 0.310. The zero-order chi connectivity index (χ0) is 12.5. The zero-order valence-electron chi connectivity index (χ0n) is 10.9. The van der Waals surface area contributed by atoms with Crippen molar-refractivity contribution in [3.63, 3.8) is 0 Å². The van der Waals surface area contributed by atoms with E-state index in [1.807, 2.05) is 43.9 Å². The standard InChI is InChI=1S/C10H16NS.C5H5.Fe/c1-8(2)10(11)7-12-9-5-3-4-6-9;1-2-4-5-3-1;/h3-6,8,10H,7,11H2,1-2H3;1-5H;/q;;+2/t10-;;/m1../s1. The van der Waals surface area contributed by atoms with E-state index in [9.17, 15) is 0 Å². The van der Waals surface area contributed by atoms with Crippen LogP contribution in [0.25, 0.3) is 0 Å². The van der Waals surface area contributed by atoms with Gasteiger partial charge >= 0.3 is 17.1 Å². The monoisotopic (exact) mass is 303 g/mol. The normalized spacial score (nSPS) is 21.3. The molecular weight excluding hydrogens is 282 g/mol. The molecule has 10 radical (unpaired) electrons. The number of rotatable bonds is 4. The molecule has 2 saturated carbocycles. The van der Waals surface area contributed by atoms with Gasteiger partial charge in [-0.05, 0) is 63.7 Å². The van der Waals surface area contributed by atoms with E-state index >= 15 is 0 Å². The fraction of sp³-hybridized carbons (Fsp3) is 0.333. The first-order valence-corrected chi connectivity index (χ1v) is 6.95. The first-order chi connectivity index (χ1) is 8.20. The van der Waals surface area contributed by atoms with Gasteiger partial charge in [0.05, 0.1) is 0 Å². The van der Waals surface area contributed by atoms with Crippen LogP contribution in [0.15, 0.2) is 0 Å². The molecule has 2 rings (SSSR count). The van der Waals surface area contributed by atoms with E-state index in [1.165, 1.54) is 5.25 Å². The molecule has 0 bridgehead atoms. The third kappa shape index (κ3) is 8.85. The van der Waals surface area contributed by atoms with Crippen LogP contribution in [0.4, 0.5) is 0 Å². The Balaban J connectivity index is 0.000000405. The van der Waals surface area contributed by atoms with Crippen LogP contribution in [-0.4, -0.2) is 11.8 Å². The Labute approximate surface area is 129 Å². The smallest absolute Gasteiger partial charge is 0.327 e. The second-order valence-electron chi connectivity index (χ2n) is 4.30. The van der Waals surface area contributed by atoms with Gasteiger partial charge in [-0.2, -0.15) is 11.8 Å². The second kappa shape index (κ2) is 11.6. The molecule has 0 aliphatic heterocycles. The maximum Gasteiger partial charge on any atom is 2.00 e. The van der Waals surface area contributed by atoms with Crippen molar-refractivity contribution in [1.29, 1.82) is 0 Å². The largest absolute Gasteiger partial charge is 2.00 e. The Morgan fingerprint density at radius 2 is 1.39 bits per heavy atom. The van der Waals surface area contributed by atoms with Crippen LogP contribution in [0, 0.1) is 69.0 Å². The summed E-state index contributed by atoms with van der Waals surface area (Å²) in [6.45, 7) is 4.33. The van der Waals surface area contributed by atoms with Gasteiger partial charge in [0.1, 0.15) is 0 Å². The zero-order valence-corrected chi connectivity index (χ0v) is 12.8. The summed E-state index contributed by atoms with van der Waals surface area (Å²) in [6.07, 6.45) is 18.4. The maximum absolute atomic E-state index is 5.91. The van der Waals surface area contributed by atoms with Gasteiger partial charge in [0.15, 0.2) is 0 Å². The fourth-order valence-electron chi connectivity index (χ4n) is 1.16. The summed E-state index contributed by atoms with van der Waals surface area (Å²) in [4.78, 5) is 0. The topological polar surface area (TPSA) is 26.0 Å². The Morgan fingerprint density at radius 3 is 1.78 bits per heavy atom. The maximum atomic E-state index is 5.91. The van der Waals surface area contributed by atoms with E-state index in [1.54, 1.807) is 0 Å². The predicted molar refractivity (Wildman–Crippen MR) is 77.2 cm³/mol. The van der Waals surface area contributed by atoms with E-state index in [2.05, 4.69) is 39.5 Å². The van der Waals surface area contributed by atoms with E-state index in [-0.39, 0.29) is 17.1 Å². The molecule has 18 heavy (non-hydrogen) atoms. The Hall–Kier alpha value is 0.829. The summed E-state index contributed by atoms with van der Waals surface area (Å²) in [5.74, 6) is 1.59. The number of hydrogen-bond donors (Lipinski definition) is 1. The number of hydrogen-bond acceptors (Lipinski definition) is 2. The van der Waals surface area contributed by atoms with Crippen LogP contribution in [0.5, 0.6) is 0 Å². The molecule has 2 N–H and O–H groups in total. The molecule has 1 nitrogen and oxygen atoms in total. The molecule has 98 valence electrons. The molecule has 0 aromatic carbocycles. The van der Waals surface area contributed by atoms with Crippen LogP contribution < -0.4 is 5.73 Å². The average Bonchev–Trinajstić information content (AvgIpc) is 3.00. The summed E-state index contributed by atoms with van der Waals surface area (Å²) >= 11 is 1.84. The van der Waals surface area contributed by atoms with E-state index in [0.717, 1.165) is 5.75 Å². The molecule has 1 atom stereocenters. The van der Waals surface area contributed by atoms with Crippen LogP contribution in [0.3, 0.4) is 0 Å². The Bertz CT molecular complexity index is 168. The van der Waals surface area contributed by atoms with Crippen molar-refractivity contribution in [1.82, 2.24) is 0 Å². The summed E-state index contributed by atoms with van der Waals surface area (Å²) < 4.78 is 0. The van der Waals surface area contributed by atoms with Crippen molar-refractivity contribution in [2.24, 2.45) is 11.7 Å². The van der Waals surface area contributed by atoms with Crippen LogP contribution in [0.2, 0.25) is 0 Å². The molecular formula is C15H21FeNS+2. The van der Waals surface area contributed by atoms with Crippen molar-refractivity contribution in [2.75, 3.05) is 5.75 Å². The van der Waals surface area contributed by atoms with E-state index in [4.69, 9.17) is 5.73 Å². The number of nitrogens with two attached hydrogens (primary N) is 1.